The summed E-state index contributed by atoms with van der Waals surface area (Å²) >= 11 is 1.42. The molecule has 0 saturated carbocycles. The zero-order valence-electron chi connectivity index (χ0n) is 11.0. The van der Waals surface area contributed by atoms with Gasteiger partial charge in [0.2, 0.25) is 5.82 Å². The van der Waals surface area contributed by atoms with Gasteiger partial charge in [-0.2, -0.15) is 24.9 Å². The van der Waals surface area contributed by atoms with E-state index >= 15 is 0 Å². The predicted molar refractivity (Wildman–Crippen MR) is 72.3 cm³/mol. The Morgan fingerprint density at radius 3 is 2.45 bits per heavy atom. The van der Waals surface area contributed by atoms with Gasteiger partial charge in [0.25, 0.3) is 0 Å². The molecule has 0 amide bonds. The van der Waals surface area contributed by atoms with Crippen LogP contribution in [0.4, 0.5) is 24.8 Å². The molecule has 0 aliphatic heterocycles. The van der Waals surface area contributed by atoms with Crippen LogP contribution in [-0.4, -0.2) is 39.2 Å². The second-order valence-corrected chi connectivity index (χ2v) is 5.25. The minimum atomic E-state index is -4.68. The zero-order chi connectivity index (χ0) is 15.4. The van der Waals surface area contributed by atoms with Crippen LogP contribution in [0.1, 0.15) is 12.7 Å². The van der Waals surface area contributed by atoms with Crippen molar-refractivity contribution < 1.29 is 18.3 Å². The molecular weight excluding hydrogens is 295 g/mol. The van der Waals surface area contributed by atoms with Gasteiger partial charge in [0, 0.05) is 18.4 Å². The summed E-state index contributed by atoms with van der Waals surface area (Å²) in [5, 5.41) is 12.6. The topological polar surface area (TPSA) is 96.1 Å². The van der Waals surface area contributed by atoms with Crippen LogP contribution in [0.5, 0.6) is 0 Å². The fraction of sp³-hybridized carbons (Fsp3) is 0.600. The summed E-state index contributed by atoms with van der Waals surface area (Å²) in [4.78, 5) is 6.58. The molecule has 20 heavy (non-hydrogen) atoms. The molecule has 0 radical (unpaired) electrons. The third kappa shape index (κ3) is 5.02. The molecule has 0 saturated heterocycles. The van der Waals surface area contributed by atoms with Crippen LogP contribution in [0.25, 0.3) is 0 Å². The first-order valence-corrected chi connectivity index (χ1v) is 6.95. The lowest BCUT2D eigenvalue weighted by molar-refractivity contribution is -0.144. The largest absolute Gasteiger partial charge is 0.451 e. The number of hydrogen-bond donors (Lipinski definition) is 4. The van der Waals surface area contributed by atoms with Crippen molar-refractivity contribution in [3.63, 3.8) is 0 Å². The van der Waals surface area contributed by atoms with E-state index in [-0.39, 0.29) is 18.2 Å². The number of thioether (sulfide) groups is 1. The molecule has 0 aliphatic carbocycles. The van der Waals surface area contributed by atoms with Crippen LogP contribution in [0, 0.1) is 0 Å². The monoisotopic (exact) mass is 311 g/mol. The quantitative estimate of drug-likeness (QED) is 0.464. The molecule has 0 aliphatic rings. The minimum Gasteiger partial charge on any atom is -0.387 e. The Kier molecular flexibility index (Phi) is 5.42. The van der Waals surface area contributed by atoms with Gasteiger partial charge in [0.15, 0.2) is 0 Å². The molecule has 1 atom stereocenters. The predicted octanol–water partition coefficient (Wildman–Crippen LogP) is 1.31. The highest BCUT2D eigenvalue weighted by Gasteiger charge is 2.35. The van der Waals surface area contributed by atoms with Crippen LogP contribution >= 0.6 is 11.8 Å². The maximum atomic E-state index is 12.6. The van der Waals surface area contributed by atoms with E-state index in [4.69, 9.17) is 5.84 Å². The third-order valence-electron chi connectivity index (χ3n) is 2.23. The van der Waals surface area contributed by atoms with E-state index in [1.807, 2.05) is 11.7 Å². The second-order valence-electron chi connectivity index (χ2n) is 4.39. The van der Waals surface area contributed by atoms with Crippen molar-refractivity contribution in [2.24, 2.45) is 5.84 Å². The smallest absolute Gasteiger partial charge is 0.387 e. The number of aliphatic hydroxyl groups is 1. The Morgan fingerprint density at radius 1 is 1.35 bits per heavy atom. The molecule has 6 nitrogen and oxygen atoms in total. The van der Waals surface area contributed by atoms with E-state index < -0.39 is 17.6 Å². The van der Waals surface area contributed by atoms with Crippen LogP contribution in [0.3, 0.4) is 0 Å². The van der Waals surface area contributed by atoms with Gasteiger partial charge in [-0.25, -0.2) is 15.8 Å². The van der Waals surface area contributed by atoms with Crippen molar-refractivity contribution in [2.75, 3.05) is 29.3 Å². The van der Waals surface area contributed by atoms with Gasteiger partial charge >= 0.3 is 6.18 Å². The number of halogens is 3. The maximum absolute atomic E-state index is 12.6. The van der Waals surface area contributed by atoms with Gasteiger partial charge in [0.05, 0.1) is 5.60 Å². The highest BCUT2D eigenvalue weighted by atomic mass is 32.2. The van der Waals surface area contributed by atoms with Crippen LogP contribution < -0.4 is 16.6 Å². The molecule has 5 N–H and O–H groups in total. The fourth-order valence-corrected chi connectivity index (χ4v) is 2.11. The van der Waals surface area contributed by atoms with Crippen molar-refractivity contribution in [2.45, 2.75) is 18.7 Å². The lowest BCUT2D eigenvalue weighted by atomic mass is 10.1. The number of anilines is 2. The summed E-state index contributed by atoms with van der Waals surface area (Å²) in [5.41, 5.74) is 0.974. The number of hydrogen-bond acceptors (Lipinski definition) is 7. The van der Waals surface area contributed by atoms with E-state index in [2.05, 4.69) is 15.3 Å². The average molecular weight is 311 g/mol. The van der Waals surface area contributed by atoms with E-state index in [1.165, 1.54) is 17.8 Å². The molecule has 114 valence electrons. The zero-order valence-corrected chi connectivity index (χ0v) is 11.8. The van der Waals surface area contributed by atoms with Gasteiger partial charge < -0.3 is 15.8 Å². The summed E-state index contributed by atoms with van der Waals surface area (Å²) in [5.74, 6) is 3.96. The van der Waals surface area contributed by atoms with Crippen molar-refractivity contribution in [1.29, 1.82) is 0 Å². The van der Waals surface area contributed by atoms with Crippen LogP contribution in [0.2, 0.25) is 0 Å². The highest BCUT2D eigenvalue weighted by Crippen LogP contribution is 2.28. The Hall–Kier alpha value is -1.26. The van der Waals surface area contributed by atoms with Gasteiger partial charge in [-0.3, -0.25) is 0 Å². The maximum Gasteiger partial charge on any atom is 0.451 e. The first kappa shape index (κ1) is 16.8. The number of nitrogens with zero attached hydrogens (tertiary/aromatic N) is 2. The van der Waals surface area contributed by atoms with Crippen LogP contribution in [0.15, 0.2) is 6.07 Å². The molecule has 1 heterocycles. The first-order chi connectivity index (χ1) is 9.18. The van der Waals surface area contributed by atoms with Crippen molar-refractivity contribution >= 4 is 23.4 Å². The molecule has 0 bridgehead atoms. The van der Waals surface area contributed by atoms with E-state index in [1.54, 1.807) is 6.92 Å². The molecular formula is C10H16F3N5OS. The first-order valence-electron chi connectivity index (χ1n) is 5.56. The van der Waals surface area contributed by atoms with Gasteiger partial charge in [-0.05, 0) is 13.2 Å². The number of nitrogen functional groups attached to an aromatic ring is 1. The summed E-state index contributed by atoms with van der Waals surface area (Å²) in [6.07, 6.45) is -2.86. The fourth-order valence-electron chi connectivity index (χ4n) is 1.38. The van der Waals surface area contributed by atoms with Gasteiger partial charge in [-0.1, -0.05) is 0 Å². The molecule has 1 unspecified atom stereocenters. The van der Waals surface area contributed by atoms with E-state index in [9.17, 15) is 18.3 Å². The van der Waals surface area contributed by atoms with Gasteiger partial charge in [0.1, 0.15) is 11.6 Å². The SMILES string of the molecule is CSCC(C)(O)CNc1cc(NN)nc(C(F)(F)F)n1. The van der Waals surface area contributed by atoms with Crippen molar-refractivity contribution in [1.82, 2.24) is 9.97 Å². The number of hydrazine groups is 1. The molecule has 1 aromatic heterocycles. The molecule has 0 spiro atoms. The van der Waals surface area contributed by atoms with E-state index in [0.29, 0.717) is 5.75 Å². The van der Waals surface area contributed by atoms with Crippen molar-refractivity contribution in [3.05, 3.63) is 11.9 Å². The number of rotatable bonds is 6. The van der Waals surface area contributed by atoms with E-state index in [0.717, 1.165) is 0 Å². The molecule has 10 heteroatoms. The standard InChI is InChI=1S/C10H16F3N5OS/c1-9(19,5-20-2)4-15-6-3-7(18-14)17-8(16-6)10(11,12)13/h3,19H,4-5,14H2,1-2H3,(H2,15,16,17,18). The summed E-state index contributed by atoms with van der Waals surface area (Å²) < 4.78 is 37.8. The number of nitrogens with two attached hydrogens (primary N) is 1. The number of nitrogens with one attached hydrogen (secondary N) is 2. The molecule has 0 aromatic carbocycles. The van der Waals surface area contributed by atoms with Crippen LogP contribution in [-0.2, 0) is 6.18 Å². The Balaban J connectivity index is 2.90. The lowest BCUT2D eigenvalue weighted by Crippen LogP contribution is -2.36. The lowest BCUT2D eigenvalue weighted by Gasteiger charge is -2.23. The average Bonchev–Trinajstić information content (AvgIpc) is 2.35. The normalized spacial score (nSPS) is 14.8. The third-order valence-corrected chi connectivity index (χ3v) is 3.14. The molecule has 1 aromatic rings. The Morgan fingerprint density at radius 2 is 1.95 bits per heavy atom. The Labute approximate surface area is 118 Å². The summed E-state index contributed by atoms with van der Waals surface area (Å²) in [6.45, 7) is 1.62. The molecule has 0 fully saturated rings. The van der Waals surface area contributed by atoms with Gasteiger partial charge in [-0.15, -0.1) is 0 Å². The number of alkyl halides is 3. The summed E-state index contributed by atoms with van der Waals surface area (Å²) in [7, 11) is 0. The number of aromatic nitrogens is 2. The Bertz CT molecular complexity index is 455. The highest BCUT2D eigenvalue weighted by molar-refractivity contribution is 7.98. The van der Waals surface area contributed by atoms with Crippen molar-refractivity contribution in [3.8, 4) is 0 Å². The summed E-state index contributed by atoms with van der Waals surface area (Å²) in [6, 6.07) is 1.23. The second kappa shape index (κ2) is 6.46. The molecule has 1 rings (SSSR count). The minimum absolute atomic E-state index is 0.0478.